The van der Waals surface area contributed by atoms with Crippen LogP contribution in [0.3, 0.4) is 0 Å². The number of hydrogen-bond acceptors (Lipinski definition) is 3. The van der Waals surface area contributed by atoms with Crippen LogP contribution >= 0.6 is 0 Å². The zero-order valence-electron chi connectivity index (χ0n) is 17.8. The summed E-state index contributed by atoms with van der Waals surface area (Å²) < 4.78 is 31.1. The van der Waals surface area contributed by atoms with Crippen molar-refractivity contribution in [3.8, 4) is 0 Å². The minimum Gasteiger partial charge on any atom is -0.353 e. The molecule has 0 bridgehead atoms. The first-order valence-electron chi connectivity index (χ1n) is 10.3. The van der Waals surface area contributed by atoms with E-state index in [1.165, 1.54) is 11.1 Å². The summed E-state index contributed by atoms with van der Waals surface area (Å²) in [5.74, 6) is 0. The van der Waals surface area contributed by atoms with Gasteiger partial charge < -0.3 is 4.57 Å². The standard InChI is InChI=1S/C24H29N3O2S/c1-18-10-11-24(19(2)15-18)30(28,29)25-16-23(22-9-6-13-26(22)3)27-14-12-20-7-4-5-8-21(20)17-27/h4-11,13,15,23,25H,12,14,16-17H2,1-3H3/t23-/m1/s1. The Bertz CT molecular complexity index is 1150. The van der Waals surface area contributed by atoms with Crippen molar-refractivity contribution in [2.45, 2.75) is 37.8 Å². The molecule has 6 heteroatoms. The van der Waals surface area contributed by atoms with Gasteiger partial charge in [0.2, 0.25) is 10.0 Å². The second-order valence-electron chi connectivity index (χ2n) is 8.17. The molecule has 5 nitrogen and oxygen atoms in total. The van der Waals surface area contributed by atoms with Gasteiger partial charge in [0.25, 0.3) is 0 Å². The molecule has 2 aromatic carbocycles. The molecule has 30 heavy (non-hydrogen) atoms. The highest BCUT2D eigenvalue weighted by molar-refractivity contribution is 7.89. The molecule has 1 aliphatic heterocycles. The molecule has 0 fully saturated rings. The van der Waals surface area contributed by atoms with Crippen LogP contribution < -0.4 is 4.72 Å². The normalized spacial score (nSPS) is 15.7. The molecule has 1 N–H and O–H groups in total. The highest BCUT2D eigenvalue weighted by Crippen LogP contribution is 2.28. The van der Waals surface area contributed by atoms with E-state index in [4.69, 9.17) is 0 Å². The molecule has 0 amide bonds. The number of hydrogen-bond donors (Lipinski definition) is 1. The largest absolute Gasteiger partial charge is 0.353 e. The van der Waals surface area contributed by atoms with Crippen molar-refractivity contribution >= 4 is 10.0 Å². The molecule has 1 aromatic heterocycles. The van der Waals surface area contributed by atoms with Crippen molar-refractivity contribution in [2.24, 2.45) is 7.05 Å². The van der Waals surface area contributed by atoms with Gasteiger partial charge in [-0.2, -0.15) is 0 Å². The first-order valence-corrected chi connectivity index (χ1v) is 11.8. The molecule has 1 atom stereocenters. The number of aryl methyl sites for hydroxylation is 3. The van der Waals surface area contributed by atoms with Crippen LogP contribution in [-0.4, -0.2) is 31.0 Å². The lowest BCUT2D eigenvalue weighted by atomic mass is 9.98. The molecular weight excluding hydrogens is 394 g/mol. The predicted molar refractivity (Wildman–Crippen MR) is 120 cm³/mol. The lowest BCUT2D eigenvalue weighted by Crippen LogP contribution is -2.41. The van der Waals surface area contributed by atoms with Gasteiger partial charge in [-0.25, -0.2) is 13.1 Å². The summed E-state index contributed by atoms with van der Waals surface area (Å²) >= 11 is 0. The Morgan fingerprint density at radius 1 is 1.03 bits per heavy atom. The third-order valence-corrected chi connectivity index (χ3v) is 7.60. The summed E-state index contributed by atoms with van der Waals surface area (Å²) in [6.07, 6.45) is 2.99. The maximum Gasteiger partial charge on any atom is 0.240 e. The lowest BCUT2D eigenvalue weighted by Gasteiger charge is -2.36. The molecule has 0 radical (unpaired) electrons. The van der Waals surface area contributed by atoms with Gasteiger partial charge in [-0.05, 0) is 55.2 Å². The van der Waals surface area contributed by atoms with E-state index < -0.39 is 10.0 Å². The second kappa shape index (κ2) is 8.38. The zero-order chi connectivity index (χ0) is 21.3. The van der Waals surface area contributed by atoms with E-state index >= 15 is 0 Å². The van der Waals surface area contributed by atoms with Crippen LogP contribution in [0.2, 0.25) is 0 Å². The fraction of sp³-hybridized carbons (Fsp3) is 0.333. The van der Waals surface area contributed by atoms with Crippen LogP contribution in [0.25, 0.3) is 0 Å². The van der Waals surface area contributed by atoms with Crippen molar-refractivity contribution in [3.63, 3.8) is 0 Å². The van der Waals surface area contributed by atoms with Gasteiger partial charge in [-0.15, -0.1) is 0 Å². The van der Waals surface area contributed by atoms with Crippen molar-refractivity contribution in [3.05, 3.63) is 88.7 Å². The minimum atomic E-state index is -3.59. The average molecular weight is 424 g/mol. The number of rotatable bonds is 6. The Kier molecular flexibility index (Phi) is 5.82. The lowest BCUT2D eigenvalue weighted by molar-refractivity contribution is 0.174. The number of nitrogens with one attached hydrogen (secondary N) is 1. The third kappa shape index (κ3) is 4.21. The summed E-state index contributed by atoms with van der Waals surface area (Å²) in [5, 5.41) is 0. The van der Waals surface area contributed by atoms with E-state index in [2.05, 4.69) is 44.5 Å². The molecule has 0 aliphatic carbocycles. The Morgan fingerprint density at radius 2 is 1.80 bits per heavy atom. The van der Waals surface area contributed by atoms with Crippen molar-refractivity contribution in [1.29, 1.82) is 0 Å². The van der Waals surface area contributed by atoms with Crippen LogP contribution in [0.1, 0.15) is 34.0 Å². The van der Waals surface area contributed by atoms with Crippen LogP contribution in [0.15, 0.2) is 65.7 Å². The van der Waals surface area contributed by atoms with Gasteiger partial charge in [0.15, 0.2) is 0 Å². The van der Waals surface area contributed by atoms with Gasteiger partial charge in [0.1, 0.15) is 0 Å². The first-order chi connectivity index (χ1) is 14.3. The quantitative estimate of drug-likeness (QED) is 0.657. The Labute approximate surface area is 179 Å². The topological polar surface area (TPSA) is 54.3 Å². The first kappa shape index (κ1) is 20.8. The van der Waals surface area contributed by atoms with Gasteiger partial charge >= 0.3 is 0 Å². The van der Waals surface area contributed by atoms with E-state index in [0.29, 0.717) is 11.4 Å². The van der Waals surface area contributed by atoms with Crippen LogP contribution in [0.4, 0.5) is 0 Å². The maximum atomic E-state index is 13.1. The molecular formula is C24H29N3O2S. The van der Waals surface area contributed by atoms with E-state index in [1.54, 1.807) is 6.07 Å². The van der Waals surface area contributed by atoms with Crippen LogP contribution in [-0.2, 0) is 30.0 Å². The molecule has 0 spiro atoms. The SMILES string of the molecule is Cc1ccc(S(=O)(=O)NC[C@H](c2cccn2C)N2CCc3ccccc3C2)c(C)c1. The number of benzene rings is 2. The van der Waals surface area contributed by atoms with E-state index in [0.717, 1.165) is 36.3 Å². The summed E-state index contributed by atoms with van der Waals surface area (Å²) in [5.41, 5.74) is 5.64. The van der Waals surface area contributed by atoms with Crippen molar-refractivity contribution in [1.82, 2.24) is 14.2 Å². The highest BCUT2D eigenvalue weighted by atomic mass is 32.2. The predicted octanol–water partition coefficient (Wildman–Crippen LogP) is 3.72. The minimum absolute atomic E-state index is 0.0427. The van der Waals surface area contributed by atoms with Gasteiger partial charge in [0, 0.05) is 38.6 Å². The fourth-order valence-corrected chi connectivity index (χ4v) is 5.65. The van der Waals surface area contributed by atoms with E-state index in [9.17, 15) is 8.42 Å². The number of sulfonamides is 1. The number of fused-ring (bicyclic) bond motifs is 1. The van der Waals surface area contributed by atoms with Crippen molar-refractivity contribution in [2.75, 3.05) is 13.1 Å². The number of aromatic nitrogens is 1. The summed E-state index contributed by atoms with van der Waals surface area (Å²) in [7, 11) is -1.58. The monoisotopic (exact) mass is 423 g/mol. The Morgan fingerprint density at radius 3 is 2.50 bits per heavy atom. The van der Waals surface area contributed by atoms with Crippen LogP contribution in [0, 0.1) is 13.8 Å². The van der Waals surface area contributed by atoms with E-state index in [1.807, 2.05) is 45.3 Å². The molecule has 4 rings (SSSR count). The molecule has 0 unspecified atom stereocenters. The maximum absolute atomic E-state index is 13.1. The fourth-order valence-electron chi connectivity index (χ4n) is 4.39. The zero-order valence-corrected chi connectivity index (χ0v) is 18.6. The summed E-state index contributed by atoms with van der Waals surface area (Å²) in [6, 6.07) is 18.0. The number of nitrogens with zero attached hydrogens (tertiary/aromatic N) is 2. The summed E-state index contributed by atoms with van der Waals surface area (Å²) in [4.78, 5) is 2.73. The summed E-state index contributed by atoms with van der Waals surface area (Å²) in [6.45, 7) is 5.86. The molecule has 0 saturated heterocycles. The van der Waals surface area contributed by atoms with Crippen molar-refractivity contribution < 1.29 is 8.42 Å². The molecule has 2 heterocycles. The molecule has 1 aliphatic rings. The second-order valence-corrected chi connectivity index (χ2v) is 9.91. The van der Waals surface area contributed by atoms with Gasteiger partial charge in [-0.1, -0.05) is 42.0 Å². The third-order valence-electron chi connectivity index (χ3n) is 6.01. The smallest absolute Gasteiger partial charge is 0.240 e. The average Bonchev–Trinajstić information content (AvgIpc) is 3.13. The molecule has 158 valence electrons. The van der Waals surface area contributed by atoms with Crippen LogP contribution in [0.5, 0.6) is 0 Å². The Balaban J connectivity index is 1.59. The van der Waals surface area contributed by atoms with Gasteiger partial charge in [0.05, 0.1) is 10.9 Å². The Hall–Kier alpha value is -2.41. The molecule has 3 aromatic rings. The van der Waals surface area contributed by atoms with Gasteiger partial charge in [-0.3, -0.25) is 4.90 Å². The molecule has 0 saturated carbocycles. The highest BCUT2D eigenvalue weighted by Gasteiger charge is 2.28. The van der Waals surface area contributed by atoms with E-state index in [-0.39, 0.29) is 6.04 Å².